The Balaban J connectivity index is 1.73. The van der Waals surface area contributed by atoms with Gasteiger partial charge < -0.3 is 14.5 Å². The number of carbonyl (C=O) groups excluding carboxylic acids is 2. The molecule has 0 fully saturated rings. The van der Waals surface area contributed by atoms with E-state index in [4.69, 9.17) is 9.15 Å². The number of rotatable bonds is 2. The van der Waals surface area contributed by atoms with Crippen LogP contribution in [0.5, 0.6) is 0 Å². The first-order chi connectivity index (χ1) is 13.1. The van der Waals surface area contributed by atoms with Crippen LogP contribution in [0.3, 0.4) is 0 Å². The quantitative estimate of drug-likeness (QED) is 0.781. The van der Waals surface area contributed by atoms with Gasteiger partial charge in [-0.1, -0.05) is 12.1 Å². The molecule has 0 saturated carbocycles. The molecule has 0 unspecified atom stereocenters. The molecule has 0 bridgehead atoms. The summed E-state index contributed by atoms with van der Waals surface area (Å²) in [6.45, 7) is 3.35. The first-order valence-corrected chi connectivity index (χ1v) is 8.61. The highest BCUT2D eigenvalue weighted by atomic mass is 19.4. The van der Waals surface area contributed by atoms with E-state index >= 15 is 0 Å². The number of furan rings is 1. The van der Waals surface area contributed by atoms with Crippen LogP contribution in [-0.2, 0) is 20.5 Å². The van der Waals surface area contributed by atoms with Gasteiger partial charge in [-0.25, -0.2) is 4.79 Å². The highest BCUT2D eigenvalue weighted by molar-refractivity contribution is 5.99. The number of hydrogen-bond acceptors (Lipinski definition) is 4. The van der Waals surface area contributed by atoms with Crippen LogP contribution in [0, 0.1) is 0 Å². The molecule has 2 aromatic rings. The lowest BCUT2D eigenvalue weighted by Crippen LogP contribution is -2.38. The van der Waals surface area contributed by atoms with Gasteiger partial charge in [0.05, 0.1) is 22.8 Å². The van der Waals surface area contributed by atoms with Crippen LogP contribution in [0.2, 0.25) is 0 Å². The topological polar surface area (TPSA) is 68.5 Å². The van der Waals surface area contributed by atoms with Crippen molar-refractivity contribution in [3.63, 3.8) is 0 Å². The van der Waals surface area contributed by atoms with E-state index in [2.05, 4.69) is 5.32 Å². The smallest absolute Gasteiger partial charge is 0.416 e. The summed E-state index contributed by atoms with van der Waals surface area (Å²) in [7, 11) is 0. The first kappa shape index (κ1) is 18.3. The largest absolute Gasteiger partial charge is 0.460 e. The molecule has 8 heteroatoms. The fraction of sp³-hybridized carbons (Fsp3) is 0.300. The number of benzene rings is 1. The van der Waals surface area contributed by atoms with Crippen LogP contribution >= 0.6 is 0 Å². The number of alkyl halides is 3. The molecule has 5 nitrogen and oxygen atoms in total. The summed E-state index contributed by atoms with van der Waals surface area (Å²) in [6.07, 6.45) is -4.48. The second-order valence-corrected chi connectivity index (χ2v) is 7.27. The Kier molecular flexibility index (Phi) is 3.92. The Morgan fingerprint density at radius 3 is 2.61 bits per heavy atom. The maximum absolute atomic E-state index is 13.0. The zero-order chi connectivity index (χ0) is 20.3. The Morgan fingerprint density at radius 2 is 1.89 bits per heavy atom. The van der Waals surface area contributed by atoms with Gasteiger partial charge in [-0.2, -0.15) is 13.2 Å². The van der Waals surface area contributed by atoms with E-state index in [9.17, 15) is 22.8 Å². The van der Waals surface area contributed by atoms with Gasteiger partial charge in [0, 0.05) is 12.0 Å². The van der Waals surface area contributed by atoms with E-state index in [-0.39, 0.29) is 23.7 Å². The molecule has 4 rings (SSSR count). The van der Waals surface area contributed by atoms with Crippen LogP contribution < -0.4 is 5.32 Å². The van der Waals surface area contributed by atoms with Gasteiger partial charge in [-0.05, 0) is 38.1 Å². The molecule has 1 amide bonds. The highest BCUT2D eigenvalue weighted by Gasteiger charge is 2.48. The molecule has 146 valence electrons. The summed E-state index contributed by atoms with van der Waals surface area (Å²) in [5.41, 5.74) is -0.779. The van der Waals surface area contributed by atoms with Gasteiger partial charge in [-0.15, -0.1) is 0 Å². The molecule has 1 atom stereocenters. The monoisotopic (exact) mass is 391 g/mol. The molecule has 0 radical (unpaired) electrons. The highest BCUT2D eigenvalue weighted by Crippen LogP contribution is 2.43. The van der Waals surface area contributed by atoms with Crippen molar-refractivity contribution >= 4 is 11.9 Å². The van der Waals surface area contributed by atoms with E-state index in [1.807, 2.05) is 0 Å². The van der Waals surface area contributed by atoms with Crippen molar-refractivity contribution in [2.75, 3.05) is 0 Å². The molecule has 0 saturated heterocycles. The molecule has 2 aliphatic rings. The Bertz CT molecular complexity index is 1020. The third-order valence-corrected chi connectivity index (χ3v) is 4.89. The third-order valence-electron chi connectivity index (χ3n) is 4.89. The van der Waals surface area contributed by atoms with Gasteiger partial charge in [0.15, 0.2) is 0 Å². The maximum Gasteiger partial charge on any atom is 0.416 e. The number of cyclic esters (lactones) is 1. The second kappa shape index (κ2) is 5.98. The molecule has 1 aromatic heterocycles. The van der Waals surface area contributed by atoms with Crippen molar-refractivity contribution in [1.82, 2.24) is 5.32 Å². The van der Waals surface area contributed by atoms with Crippen molar-refractivity contribution in [2.45, 2.75) is 38.0 Å². The molecule has 0 aliphatic carbocycles. The lowest BCUT2D eigenvalue weighted by molar-refractivity contribution is -0.145. The van der Waals surface area contributed by atoms with Gasteiger partial charge in [-0.3, -0.25) is 4.79 Å². The molecule has 3 heterocycles. The van der Waals surface area contributed by atoms with E-state index in [1.165, 1.54) is 18.2 Å². The van der Waals surface area contributed by atoms with Gasteiger partial charge in [0.2, 0.25) is 5.91 Å². The van der Waals surface area contributed by atoms with Gasteiger partial charge in [0.25, 0.3) is 0 Å². The molecular weight excluding hydrogens is 375 g/mol. The predicted octanol–water partition coefficient (Wildman–Crippen LogP) is 4.16. The number of carbonyl (C=O) groups is 2. The van der Waals surface area contributed by atoms with Gasteiger partial charge in [0.1, 0.15) is 17.1 Å². The average molecular weight is 391 g/mol. The number of hydrogen-bond donors (Lipinski definition) is 1. The molecular formula is C20H16F3NO4. The SMILES string of the molecule is CC1(C)OC(=O)C2=C1NC(=O)C[C@@H]2c1ccc(-c2cccc(C(F)(F)F)c2)o1. The zero-order valence-electron chi connectivity index (χ0n) is 15.0. The summed E-state index contributed by atoms with van der Waals surface area (Å²) in [5.74, 6) is -0.934. The summed E-state index contributed by atoms with van der Waals surface area (Å²) < 4.78 is 50.0. The van der Waals surface area contributed by atoms with Crippen LogP contribution in [-0.4, -0.2) is 17.5 Å². The minimum absolute atomic E-state index is 0.0143. The number of ether oxygens (including phenoxy) is 1. The molecule has 2 aliphatic heterocycles. The number of nitrogens with one attached hydrogen (secondary N) is 1. The maximum atomic E-state index is 13.0. The van der Waals surface area contributed by atoms with Crippen LogP contribution in [0.15, 0.2) is 52.1 Å². The van der Waals surface area contributed by atoms with E-state index < -0.39 is 29.2 Å². The average Bonchev–Trinajstić information content (AvgIpc) is 3.17. The second-order valence-electron chi connectivity index (χ2n) is 7.27. The fourth-order valence-electron chi connectivity index (χ4n) is 3.56. The number of amides is 1. The molecule has 28 heavy (non-hydrogen) atoms. The molecule has 1 N–H and O–H groups in total. The minimum atomic E-state index is -4.47. The summed E-state index contributed by atoms with van der Waals surface area (Å²) in [4.78, 5) is 24.5. The lowest BCUT2D eigenvalue weighted by Gasteiger charge is -2.26. The predicted molar refractivity (Wildman–Crippen MR) is 91.8 cm³/mol. The normalized spacial score (nSPS) is 21.4. The number of halogens is 3. The van der Waals surface area contributed by atoms with Crippen LogP contribution in [0.25, 0.3) is 11.3 Å². The Labute approximate surface area is 158 Å². The van der Waals surface area contributed by atoms with Crippen LogP contribution in [0.4, 0.5) is 13.2 Å². The van der Waals surface area contributed by atoms with E-state index in [0.29, 0.717) is 17.0 Å². The fourth-order valence-corrected chi connectivity index (χ4v) is 3.56. The lowest BCUT2D eigenvalue weighted by atomic mass is 9.86. The summed E-state index contributed by atoms with van der Waals surface area (Å²) in [6, 6.07) is 7.88. The Hall–Kier alpha value is -3.03. The molecule has 1 aromatic carbocycles. The van der Waals surface area contributed by atoms with E-state index in [1.54, 1.807) is 19.9 Å². The van der Waals surface area contributed by atoms with Crippen molar-refractivity contribution in [2.24, 2.45) is 0 Å². The number of esters is 1. The summed E-state index contributed by atoms with van der Waals surface area (Å²) >= 11 is 0. The van der Waals surface area contributed by atoms with E-state index in [0.717, 1.165) is 12.1 Å². The third kappa shape index (κ3) is 2.98. The van der Waals surface area contributed by atoms with Crippen molar-refractivity contribution in [3.05, 3.63) is 59.0 Å². The summed E-state index contributed by atoms with van der Waals surface area (Å²) in [5, 5.41) is 2.69. The van der Waals surface area contributed by atoms with Crippen molar-refractivity contribution in [1.29, 1.82) is 0 Å². The minimum Gasteiger partial charge on any atom is -0.460 e. The molecule has 0 spiro atoms. The Morgan fingerprint density at radius 1 is 1.14 bits per heavy atom. The van der Waals surface area contributed by atoms with Gasteiger partial charge >= 0.3 is 12.1 Å². The zero-order valence-corrected chi connectivity index (χ0v) is 15.0. The van der Waals surface area contributed by atoms with Crippen molar-refractivity contribution < 1.29 is 31.9 Å². The van der Waals surface area contributed by atoms with Crippen LogP contribution in [0.1, 0.15) is 37.5 Å². The first-order valence-electron chi connectivity index (χ1n) is 8.61. The standard InChI is InChI=1S/C20H16F3NO4/c1-19(2)17-16(18(26)28-19)12(9-15(25)24-17)14-7-6-13(27-14)10-4-3-5-11(8-10)20(21,22)23/h3-8,12H,9H2,1-2H3,(H,24,25)/t12-/m1/s1. The van der Waals surface area contributed by atoms with Crippen molar-refractivity contribution in [3.8, 4) is 11.3 Å².